The molecule has 0 saturated carbocycles. The van der Waals surface area contributed by atoms with Crippen molar-refractivity contribution < 1.29 is 4.58 Å². The highest BCUT2D eigenvalue weighted by atomic mass is 15.3. The fourth-order valence-corrected chi connectivity index (χ4v) is 5.34. The molecule has 0 unspecified atom stereocenters. The molecule has 0 radical (unpaired) electrons. The quantitative estimate of drug-likeness (QED) is 0.575. The fourth-order valence-electron chi connectivity index (χ4n) is 5.34. The molecular formula is C24H41N2+. The summed E-state index contributed by atoms with van der Waals surface area (Å²) < 4.78 is 2.75. The average molecular weight is 358 g/mol. The highest BCUT2D eigenvalue weighted by molar-refractivity contribution is 5.98. The van der Waals surface area contributed by atoms with Gasteiger partial charge in [-0.15, -0.1) is 0 Å². The van der Waals surface area contributed by atoms with Gasteiger partial charge in [0, 0.05) is 5.92 Å². The maximum atomic E-state index is 2.75. The molecule has 1 aromatic carbocycles. The van der Waals surface area contributed by atoms with Crippen LogP contribution in [0.4, 0.5) is 5.69 Å². The maximum Gasteiger partial charge on any atom is 0.255 e. The summed E-state index contributed by atoms with van der Waals surface area (Å²) in [6.45, 7) is 24.7. The Kier molecular flexibility index (Phi) is 6.58. The lowest BCUT2D eigenvalue weighted by Crippen LogP contribution is -2.42. The van der Waals surface area contributed by atoms with Crippen LogP contribution < -0.4 is 4.90 Å². The zero-order chi connectivity index (χ0) is 19.8. The van der Waals surface area contributed by atoms with Gasteiger partial charge in [0.1, 0.15) is 18.3 Å². The molecule has 26 heavy (non-hydrogen) atoms. The van der Waals surface area contributed by atoms with Crippen molar-refractivity contribution in [2.24, 2.45) is 23.7 Å². The number of para-hydroxylation sites is 1. The van der Waals surface area contributed by atoms with Crippen LogP contribution in [0.15, 0.2) is 18.2 Å². The predicted molar refractivity (Wildman–Crippen MR) is 115 cm³/mol. The van der Waals surface area contributed by atoms with Gasteiger partial charge in [0.15, 0.2) is 0 Å². The number of nitrogens with zero attached hydrogens (tertiary/aromatic N) is 2. The second-order valence-electron chi connectivity index (χ2n) is 9.50. The van der Waals surface area contributed by atoms with E-state index < -0.39 is 0 Å². The minimum absolute atomic E-state index is 0.515. The summed E-state index contributed by atoms with van der Waals surface area (Å²) in [5.74, 6) is 4.09. The number of benzene rings is 1. The van der Waals surface area contributed by atoms with Gasteiger partial charge in [-0.1, -0.05) is 59.7 Å². The molecule has 0 N–H and O–H groups in total. The molecule has 2 nitrogen and oxygen atoms in total. The number of hydrogen-bond acceptors (Lipinski definition) is 1. The first kappa shape index (κ1) is 21.0. The Morgan fingerprint density at radius 2 is 1.38 bits per heavy atom. The second-order valence-corrected chi connectivity index (χ2v) is 9.50. The standard InChI is InChI=1S/C24H41N2/c1-15(2)22(16(3)4)21-14-25(23-19(9)12-11-13-20(23)10)24(17(5)6)26(21)18(7)8/h11-13,15-18,21-22H,14H2,1-10H3/q+1/t21-/m0/s1. The van der Waals surface area contributed by atoms with Gasteiger partial charge < -0.3 is 0 Å². The van der Waals surface area contributed by atoms with Crippen LogP contribution in [0.5, 0.6) is 0 Å². The first-order valence-corrected chi connectivity index (χ1v) is 10.6. The van der Waals surface area contributed by atoms with Crippen LogP contribution in [-0.4, -0.2) is 29.0 Å². The summed E-state index contributed by atoms with van der Waals surface area (Å²) in [7, 11) is 0. The molecule has 1 aromatic rings. The number of hydrogen-bond donors (Lipinski definition) is 0. The van der Waals surface area contributed by atoms with Gasteiger partial charge in [-0.2, -0.15) is 0 Å². The highest BCUT2D eigenvalue weighted by Gasteiger charge is 2.47. The Labute approximate surface area is 162 Å². The normalized spacial score (nSPS) is 18.6. The van der Waals surface area contributed by atoms with Crippen molar-refractivity contribution in [1.29, 1.82) is 0 Å². The van der Waals surface area contributed by atoms with Crippen molar-refractivity contribution in [2.75, 3.05) is 11.4 Å². The van der Waals surface area contributed by atoms with Crippen molar-refractivity contribution in [3.05, 3.63) is 29.3 Å². The van der Waals surface area contributed by atoms with E-state index in [2.05, 4.69) is 96.9 Å². The smallest absolute Gasteiger partial charge is 0.255 e. The van der Waals surface area contributed by atoms with E-state index in [9.17, 15) is 0 Å². The van der Waals surface area contributed by atoms with Gasteiger partial charge in [0.05, 0.1) is 12.0 Å². The summed E-state index contributed by atoms with van der Waals surface area (Å²) in [5.41, 5.74) is 4.20. The minimum Gasteiger partial charge on any atom is -0.256 e. The van der Waals surface area contributed by atoms with Gasteiger partial charge >= 0.3 is 0 Å². The van der Waals surface area contributed by atoms with Crippen LogP contribution in [-0.2, 0) is 0 Å². The van der Waals surface area contributed by atoms with Gasteiger partial charge in [-0.3, -0.25) is 4.58 Å². The van der Waals surface area contributed by atoms with Crippen LogP contribution in [0.1, 0.15) is 66.5 Å². The molecular weight excluding hydrogens is 316 g/mol. The Bertz CT molecular complexity index is 624. The van der Waals surface area contributed by atoms with Crippen LogP contribution in [0.25, 0.3) is 0 Å². The average Bonchev–Trinajstić information content (AvgIpc) is 2.86. The molecule has 0 fully saturated rings. The Morgan fingerprint density at radius 1 is 0.885 bits per heavy atom. The van der Waals surface area contributed by atoms with Crippen molar-refractivity contribution in [2.45, 2.75) is 81.3 Å². The van der Waals surface area contributed by atoms with Crippen LogP contribution in [0, 0.1) is 37.5 Å². The van der Waals surface area contributed by atoms with E-state index in [1.807, 2.05) is 0 Å². The topological polar surface area (TPSA) is 6.25 Å². The molecule has 1 aliphatic heterocycles. The van der Waals surface area contributed by atoms with Crippen LogP contribution in [0.2, 0.25) is 0 Å². The zero-order valence-electron chi connectivity index (χ0n) is 18.8. The molecule has 0 spiro atoms. The second kappa shape index (κ2) is 8.15. The number of anilines is 1. The Morgan fingerprint density at radius 3 is 1.77 bits per heavy atom. The van der Waals surface area contributed by atoms with E-state index in [1.165, 1.54) is 22.6 Å². The van der Waals surface area contributed by atoms with E-state index in [0.29, 0.717) is 35.8 Å². The van der Waals surface area contributed by atoms with Gasteiger partial charge in [-0.25, -0.2) is 4.90 Å². The lowest BCUT2D eigenvalue weighted by atomic mass is 9.79. The number of amidine groups is 1. The lowest BCUT2D eigenvalue weighted by Gasteiger charge is -2.31. The number of aryl methyl sites for hydroxylation is 2. The molecule has 146 valence electrons. The summed E-state index contributed by atoms with van der Waals surface area (Å²) in [4.78, 5) is 2.65. The number of rotatable bonds is 6. The summed E-state index contributed by atoms with van der Waals surface area (Å²) in [6.07, 6.45) is 0. The highest BCUT2D eigenvalue weighted by Crippen LogP contribution is 2.36. The van der Waals surface area contributed by atoms with Crippen molar-refractivity contribution in [3.63, 3.8) is 0 Å². The fraction of sp³-hybridized carbons (Fsp3) is 0.708. The third-order valence-electron chi connectivity index (χ3n) is 6.03. The molecule has 1 aliphatic rings. The first-order chi connectivity index (χ1) is 12.1. The SMILES string of the molecule is Cc1cccc(C)c1N1C[C@@H](C(C(C)C)C(C)C)[N+](C(C)C)=C1C(C)C. The monoisotopic (exact) mass is 357 g/mol. The largest absolute Gasteiger partial charge is 0.256 e. The third kappa shape index (κ3) is 3.85. The molecule has 0 saturated heterocycles. The van der Waals surface area contributed by atoms with E-state index in [4.69, 9.17) is 0 Å². The van der Waals surface area contributed by atoms with Gasteiger partial charge in [-0.05, 0) is 50.7 Å². The van der Waals surface area contributed by atoms with E-state index in [1.54, 1.807) is 0 Å². The van der Waals surface area contributed by atoms with E-state index in [-0.39, 0.29) is 0 Å². The summed E-state index contributed by atoms with van der Waals surface area (Å²) >= 11 is 0. The maximum absolute atomic E-state index is 2.75. The Hall–Kier alpha value is -1.31. The molecule has 0 aromatic heterocycles. The zero-order valence-corrected chi connectivity index (χ0v) is 18.8. The van der Waals surface area contributed by atoms with E-state index >= 15 is 0 Å². The molecule has 0 aliphatic carbocycles. The van der Waals surface area contributed by atoms with Gasteiger partial charge in [0.25, 0.3) is 5.84 Å². The summed E-state index contributed by atoms with van der Waals surface area (Å²) in [6, 6.07) is 7.80. The van der Waals surface area contributed by atoms with Crippen LogP contribution >= 0.6 is 0 Å². The summed E-state index contributed by atoms with van der Waals surface area (Å²) in [5, 5.41) is 0. The van der Waals surface area contributed by atoms with Crippen molar-refractivity contribution >= 4 is 11.5 Å². The van der Waals surface area contributed by atoms with E-state index in [0.717, 1.165) is 6.54 Å². The first-order valence-electron chi connectivity index (χ1n) is 10.6. The van der Waals surface area contributed by atoms with Crippen molar-refractivity contribution in [3.8, 4) is 0 Å². The molecule has 1 atom stereocenters. The predicted octanol–water partition coefficient (Wildman–Crippen LogP) is 5.90. The lowest BCUT2D eigenvalue weighted by molar-refractivity contribution is -0.597. The molecule has 2 heteroatoms. The third-order valence-corrected chi connectivity index (χ3v) is 6.03. The molecule has 0 bridgehead atoms. The van der Waals surface area contributed by atoms with Crippen LogP contribution in [0.3, 0.4) is 0 Å². The van der Waals surface area contributed by atoms with Gasteiger partial charge in [0.2, 0.25) is 0 Å². The Balaban J connectivity index is 2.66. The molecule has 0 amide bonds. The molecule has 1 heterocycles. The molecule has 2 rings (SSSR count). The minimum atomic E-state index is 0.515. The van der Waals surface area contributed by atoms with Crippen molar-refractivity contribution in [1.82, 2.24) is 0 Å².